The Morgan fingerprint density at radius 3 is 1.65 bits per heavy atom. The van der Waals surface area contributed by atoms with Gasteiger partial charge in [0.25, 0.3) is 10.1 Å². The van der Waals surface area contributed by atoms with E-state index in [1.807, 2.05) is 0 Å². The van der Waals surface area contributed by atoms with E-state index >= 15 is 0 Å². The summed E-state index contributed by atoms with van der Waals surface area (Å²) >= 11 is 0. The number of unbranched alkanes of at least 4 members (excludes halogenated alkanes) is 10. The van der Waals surface area contributed by atoms with Gasteiger partial charge in [-0.15, -0.1) is 0 Å². The minimum absolute atomic E-state index is 0. The SMILES string of the molecule is CCCCCCCCCCCCCC(C(=O)OC)S(=O)(=O)O.[NaH]. The number of hydrogen-bond donors (Lipinski definition) is 1. The van der Waals surface area contributed by atoms with Crippen molar-refractivity contribution in [1.82, 2.24) is 0 Å². The van der Waals surface area contributed by atoms with Crippen molar-refractivity contribution in [1.29, 1.82) is 0 Å². The Bertz CT molecular complexity index is 384. The maximum atomic E-state index is 11.3. The quantitative estimate of drug-likeness (QED) is 0.222. The van der Waals surface area contributed by atoms with Crippen LogP contribution in [0.5, 0.6) is 0 Å². The summed E-state index contributed by atoms with van der Waals surface area (Å²) in [5.74, 6) is -0.880. The third kappa shape index (κ3) is 14.4. The predicted molar refractivity (Wildman–Crippen MR) is 95.6 cm³/mol. The van der Waals surface area contributed by atoms with Gasteiger partial charge in [-0.1, -0.05) is 77.6 Å². The molecule has 1 unspecified atom stereocenters. The first-order valence-corrected chi connectivity index (χ1v) is 9.98. The molecule has 0 saturated carbocycles. The second-order valence-corrected chi connectivity index (χ2v) is 7.45. The van der Waals surface area contributed by atoms with Crippen molar-refractivity contribution in [3.8, 4) is 0 Å². The van der Waals surface area contributed by atoms with Gasteiger partial charge in [0.1, 0.15) is 0 Å². The van der Waals surface area contributed by atoms with Gasteiger partial charge in [0.2, 0.25) is 0 Å². The molecule has 23 heavy (non-hydrogen) atoms. The normalized spacial score (nSPS) is 12.5. The first-order valence-electron chi connectivity index (χ1n) is 8.47. The third-order valence-electron chi connectivity index (χ3n) is 3.89. The van der Waals surface area contributed by atoms with E-state index in [-0.39, 0.29) is 36.0 Å². The van der Waals surface area contributed by atoms with E-state index in [1.54, 1.807) is 0 Å². The predicted octanol–water partition coefficient (Wildman–Crippen LogP) is 3.47. The van der Waals surface area contributed by atoms with Crippen LogP contribution in [0.15, 0.2) is 0 Å². The summed E-state index contributed by atoms with van der Waals surface area (Å²) in [6.07, 6.45) is 12.8. The molecule has 0 heterocycles. The van der Waals surface area contributed by atoms with Gasteiger partial charge < -0.3 is 4.74 Å². The molecular weight excluding hydrogens is 327 g/mol. The number of carbonyl (C=O) groups excluding carboxylic acids is 1. The molecule has 1 atom stereocenters. The van der Waals surface area contributed by atoms with Gasteiger partial charge in [-0.2, -0.15) is 8.42 Å². The van der Waals surface area contributed by atoms with E-state index in [1.165, 1.54) is 44.9 Å². The first kappa shape index (κ1) is 25.6. The zero-order valence-electron chi connectivity index (χ0n) is 14.1. The van der Waals surface area contributed by atoms with Crippen LogP contribution >= 0.6 is 0 Å². The van der Waals surface area contributed by atoms with Crippen LogP contribution in [0.3, 0.4) is 0 Å². The van der Waals surface area contributed by atoms with Crippen molar-refractivity contribution in [2.45, 2.75) is 89.2 Å². The Morgan fingerprint density at radius 2 is 1.30 bits per heavy atom. The van der Waals surface area contributed by atoms with Crippen molar-refractivity contribution in [3.05, 3.63) is 0 Å². The van der Waals surface area contributed by atoms with Crippen LogP contribution in [-0.4, -0.2) is 60.9 Å². The summed E-state index contributed by atoms with van der Waals surface area (Å²) in [7, 11) is -3.24. The van der Waals surface area contributed by atoms with Crippen LogP contribution in [0.25, 0.3) is 0 Å². The van der Waals surface area contributed by atoms with Crippen molar-refractivity contribution in [2.24, 2.45) is 0 Å². The molecule has 0 aromatic carbocycles. The molecule has 7 heteroatoms. The molecule has 0 aromatic rings. The summed E-state index contributed by atoms with van der Waals surface area (Å²) in [6, 6.07) is 0. The minimum atomic E-state index is -4.36. The molecular formula is C16H33NaO5S. The molecule has 0 aliphatic rings. The molecule has 0 spiro atoms. The van der Waals surface area contributed by atoms with Crippen LogP contribution in [0.2, 0.25) is 0 Å². The van der Waals surface area contributed by atoms with E-state index < -0.39 is 21.3 Å². The van der Waals surface area contributed by atoms with Crippen molar-refractivity contribution in [2.75, 3.05) is 7.11 Å². The Kier molecular flexibility index (Phi) is 17.7. The third-order valence-corrected chi connectivity index (χ3v) is 5.04. The molecule has 0 saturated heterocycles. The molecule has 5 nitrogen and oxygen atoms in total. The van der Waals surface area contributed by atoms with Gasteiger partial charge >= 0.3 is 35.5 Å². The van der Waals surface area contributed by atoms with Crippen LogP contribution in [0.4, 0.5) is 0 Å². The second-order valence-electron chi connectivity index (χ2n) is 5.85. The standard InChI is InChI=1S/C16H32O5S.Na.H/c1-3-4-5-6-7-8-9-10-11-12-13-14-15(16(17)21-2)22(18,19)20;;/h15H,3-14H2,1-2H3,(H,18,19,20);;. The van der Waals surface area contributed by atoms with E-state index in [2.05, 4.69) is 11.7 Å². The van der Waals surface area contributed by atoms with E-state index in [4.69, 9.17) is 4.55 Å². The molecule has 134 valence electrons. The van der Waals surface area contributed by atoms with Crippen LogP contribution in [0.1, 0.15) is 84.0 Å². The van der Waals surface area contributed by atoms with Crippen molar-refractivity contribution in [3.63, 3.8) is 0 Å². The number of rotatable bonds is 14. The fourth-order valence-electron chi connectivity index (χ4n) is 2.51. The number of esters is 1. The summed E-state index contributed by atoms with van der Waals surface area (Å²) in [4.78, 5) is 11.3. The summed E-state index contributed by atoms with van der Waals surface area (Å²) in [5.41, 5.74) is 0. The Labute approximate surface area is 164 Å². The molecule has 0 fully saturated rings. The molecule has 0 amide bonds. The Morgan fingerprint density at radius 1 is 0.913 bits per heavy atom. The van der Waals surface area contributed by atoms with Gasteiger partial charge in [0.05, 0.1) is 7.11 Å². The number of hydrogen-bond acceptors (Lipinski definition) is 4. The fraction of sp³-hybridized carbons (Fsp3) is 0.938. The first-order chi connectivity index (χ1) is 10.4. The van der Waals surface area contributed by atoms with Gasteiger partial charge in [-0.3, -0.25) is 9.35 Å². The monoisotopic (exact) mass is 360 g/mol. The average molecular weight is 360 g/mol. The van der Waals surface area contributed by atoms with E-state index in [0.29, 0.717) is 6.42 Å². The zero-order valence-corrected chi connectivity index (χ0v) is 14.9. The number of carbonyl (C=O) groups is 1. The topological polar surface area (TPSA) is 80.7 Å². The summed E-state index contributed by atoms with van der Waals surface area (Å²) < 4.78 is 35.6. The van der Waals surface area contributed by atoms with Gasteiger partial charge in [-0.25, -0.2) is 0 Å². The number of methoxy groups -OCH3 is 1. The maximum absolute atomic E-state index is 11.3. The molecule has 1 N–H and O–H groups in total. The Balaban J connectivity index is 0. The van der Waals surface area contributed by atoms with Gasteiger partial charge in [0.15, 0.2) is 5.25 Å². The molecule has 0 bridgehead atoms. The van der Waals surface area contributed by atoms with Crippen molar-refractivity contribution < 1.29 is 22.5 Å². The average Bonchev–Trinajstić information content (AvgIpc) is 2.46. The van der Waals surface area contributed by atoms with Gasteiger partial charge in [-0.05, 0) is 6.42 Å². The zero-order chi connectivity index (χ0) is 16.8. The molecule has 0 radical (unpaired) electrons. The second kappa shape index (κ2) is 15.9. The van der Waals surface area contributed by atoms with Crippen LogP contribution in [-0.2, 0) is 19.6 Å². The van der Waals surface area contributed by atoms with Gasteiger partial charge in [0, 0.05) is 0 Å². The number of ether oxygens (including phenoxy) is 1. The summed E-state index contributed by atoms with van der Waals surface area (Å²) in [6.45, 7) is 2.22. The summed E-state index contributed by atoms with van der Waals surface area (Å²) in [5, 5.41) is -1.43. The molecule has 0 aromatic heterocycles. The molecule has 0 aliphatic carbocycles. The van der Waals surface area contributed by atoms with Crippen LogP contribution in [0, 0.1) is 0 Å². The van der Waals surface area contributed by atoms with E-state index in [9.17, 15) is 13.2 Å². The molecule has 0 rings (SSSR count). The molecule has 0 aliphatic heterocycles. The van der Waals surface area contributed by atoms with Crippen LogP contribution < -0.4 is 0 Å². The Hall–Kier alpha value is 0.380. The fourth-order valence-corrected chi connectivity index (χ4v) is 3.32. The van der Waals surface area contributed by atoms with Crippen molar-refractivity contribution >= 4 is 45.6 Å². The van der Waals surface area contributed by atoms with E-state index in [0.717, 1.165) is 26.4 Å².